The lowest BCUT2D eigenvalue weighted by molar-refractivity contribution is -0.154. The standard InChI is InChI=1S/C21H31N3O4/c1-14-19(15(2)28-22-14)12-20(26)23-9-7-21(8-10-23)13-18(6-11-27-21)24(16(3)25)17-4-5-17/h17-18H,4-13H2,1-3H3. The van der Waals surface area contributed by atoms with Gasteiger partial charge in [-0.25, -0.2) is 0 Å². The van der Waals surface area contributed by atoms with Crippen molar-refractivity contribution >= 4 is 11.8 Å². The van der Waals surface area contributed by atoms with E-state index in [0.29, 0.717) is 32.2 Å². The summed E-state index contributed by atoms with van der Waals surface area (Å²) in [7, 11) is 0. The van der Waals surface area contributed by atoms with E-state index in [4.69, 9.17) is 9.26 Å². The van der Waals surface area contributed by atoms with Crippen LogP contribution in [0.15, 0.2) is 4.52 Å². The van der Waals surface area contributed by atoms with Gasteiger partial charge in [-0.2, -0.15) is 0 Å². The molecule has 4 rings (SSSR count). The molecule has 2 saturated heterocycles. The van der Waals surface area contributed by atoms with Crippen molar-refractivity contribution in [1.29, 1.82) is 0 Å². The van der Waals surface area contributed by atoms with Crippen LogP contribution in [0.25, 0.3) is 0 Å². The van der Waals surface area contributed by atoms with Gasteiger partial charge in [-0.05, 0) is 52.4 Å². The summed E-state index contributed by atoms with van der Waals surface area (Å²) in [5, 5.41) is 3.94. The number of piperidine rings is 1. The molecule has 0 N–H and O–H groups in total. The fourth-order valence-corrected chi connectivity index (χ4v) is 4.93. The highest BCUT2D eigenvalue weighted by Crippen LogP contribution is 2.40. The Bertz CT molecular complexity index is 727. The summed E-state index contributed by atoms with van der Waals surface area (Å²) in [6, 6.07) is 0.720. The molecule has 1 saturated carbocycles. The molecular formula is C21H31N3O4. The van der Waals surface area contributed by atoms with Crippen LogP contribution in [-0.2, 0) is 20.7 Å². The van der Waals surface area contributed by atoms with Gasteiger partial charge in [-0.1, -0.05) is 5.16 Å². The van der Waals surface area contributed by atoms with E-state index in [-0.39, 0.29) is 23.5 Å². The minimum absolute atomic E-state index is 0.125. The normalized spacial score (nSPS) is 24.4. The van der Waals surface area contributed by atoms with Crippen LogP contribution in [0.3, 0.4) is 0 Å². The van der Waals surface area contributed by atoms with Crippen molar-refractivity contribution in [1.82, 2.24) is 15.0 Å². The van der Waals surface area contributed by atoms with E-state index in [9.17, 15) is 9.59 Å². The zero-order valence-corrected chi connectivity index (χ0v) is 17.2. The van der Waals surface area contributed by atoms with Crippen molar-refractivity contribution < 1.29 is 18.8 Å². The minimum atomic E-state index is -0.189. The van der Waals surface area contributed by atoms with E-state index in [0.717, 1.165) is 55.5 Å². The number of carbonyl (C=O) groups excluding carboxylic acids is 2. The number of rotatable bonds is 4. The minimum Gasteiger partial charge on any atom is -0.375 e. The summed E-state index contributed by atoms with van der Waals surface area (Å²) in [5.74, 6) is 1.04. The van der Waals surface area contributed by atoms with E-state index in [2.05, 4.69) is 10.1 Å². The lowest BCUT2D eigenvalue weighted by Crippen LogP contribution is -2.55. The Hall–Kier alpha value is -1.89. The first-order valence-corrected chi connectivity index (χ1v) is 10.5. The molecule has 7 nitrogen and oxygen atoms in total. The molecule has 3 aliphatic rings. The van der Waals surface area contributed by atoms with Crippen LogP contribution in [0.5, 0.6) is 0 Å². The Morgan fingerprint density at radius 1 is 1.18 bits per heavy atom. The highest BCUT2D eigenvalue weighted by molar-refractivity contribution is 5.79. The molecule has 1 aromatic heterocycles. The highest BCUT2D eigenvalue weighted by Gasteiger charge is 2.45. The molecule has 2 amide bonds. The van der Waals surface area contributed by atoms with Gasteiger partial charge in [0.1, 0.15) is 5.76 Å². The second kappa shape index (κ2) is 7.50. The zero-order valence-electron chi connectivity index (χ0n) is 17.2. The molecule has 7 heteroatoms. The van der Waals surface area contributed by atoms with Crippen LogP contribution in [0.4, 0.5) is 0 Å². The number of ether oxygens (including phenoxy) is 1. The van der Waals surface area contributed by atoms with E-state index >= 15 is 0 Å². The average molecular weight is 389 g/mol. The van der Waals surface area contributed by atoms with Gasteiger partial charge < -0.3 is 19.1 Å². The van der Waals surface area contributed by atoms with Gasteiger partial charge in [-0.3, -0.25) is 9.59 Å². The largest absolute Gasteiger partial charge is 0.375 e. The Morgan fingerprint density at radius 3 is 2.46 bits per heavy atom. The van der Waals surface area contributed by atoms with E-state index in [1.807, 2.05) is 18.7 Å². The predicted molar refractivity (Wildman–Crippen MR) is 103 cm³/mol. The third kappa shape index (κ3) is 3.81. The van der Waals surface area contributed by atoms with Gasteiger partial charge >= 0.3 is 0 Å². The summed E-state index contributed by atoms with van der Waals surface area (Å²) in [5.41, 5.74) is 1.51. The Kier molecular flexibility index (Phi) is 5.21. The van der Waals surface area contributed by atoms with Crippen LogP contribution in [0, 0.1) is 13.8 Å². The molecule has 28 heavy (non-hydrogen) atoms. The summed E-state index contributed by atoms with van der Waals surface area (Å²) >= 11 is 0. The molecule has 2 aliphatic heterocycles. The van der Waals surface area contributed by atoms with Crippen molar-refractivity contribution in [3.05, 3.63) is 17.0 Å². The lowest BCUT2D eigenvalue weighted by atomic mass is 9.81. The van der Waals surface area contributed by atoms with Crippen LogP contribution in [0.2, 0.25) is 0 Å². The fraction of sp³-hybridized carbons (Fsp3) is 0.762. The van der Waals surface area contributed by atoms with Crippen LogP contribution in [0.1, 0.15) is 62.5 Å². The number of hydrogen-bond donors (Lipinski definition) is 0. The fourth-order valence-electron chi connectivity index (χ4n) is 4.93. The molecule has 1 aromatic rings. The number of aryl methyl sites for hydroxylation is 2. The van der Waals surface area contributed by atoms with Gasteiger partial charge in [0.25, 0.3) is 0 Å². The van der Waals surface area contributed by atoms with Crippen molar-refractivity contribution in [3.63, 3.8) is 0 Å². The third-order valence-corrected chi connectivity index (χ3v) is 6.70. The van der Waals surface area contributed by atoms with E-state index in [1.165, 1.54) is 0 Å². The number of likely N-dealkylation sites (tertiary alicyclic amines) is 1. The lowest BCUT2D eigenvalue weighted by Gasteiger charge is -2.48. The quantitative estimate of drug-likeness (QED) is 0.790. The third-order valence-electron chi connectivity index (χ3n) is 6.70. The van der Waals surface area contributed by atoms with Gasteiger partial charge in [0.15, 0.2) is 0 Å². The van der Waals surface area contributed by atoms with Crippen molar-refractivity contribution in [2.24, 2.45) is 0 Å². The van der Waals surface area contributed by atoms with E-state index in [1.54, 1.807) is 6.92 Å². The molecule has 1 atom stereocenters. The molecule has 0 bridgehead atoms. The van der Waals surface area contributed by atoms with Crippen LogP contribution < -0.4 is 0 Å². The van der Waals surface area contributed by atoms with Crippen molar-refractivity contribution in [3.8, 4) is 0 Å². The van der Waals surface area contributed by atoms with E-state index < -0.39 is 0 Å². The SMILES string of the molecule is CC(=O)N(C1CC1)C1CCOC2(CCN(C(=O)Cc3c(C)noc3C)CC2)C1. The first-order chi connectivity index (χ1) is 13.4. The van der Waals surface area contributed by atoms with Crippen LogP contribution in [-0.4, -0.2) is 64.2 Å². The first-order valence-electron chi connectivity index (χ1n) is 10.5. The Labute approximate surface area is 166 Å². The summed E-state index contributed by atoms with van der Waals surface area (Å²) in [4.78, 5) is 29.0. The number of carbonyl (C=O) groups is 2. The molecule has 1 unspecified atom stereocenters. The maximum Gasteiger partial charge on any atom is 0.227 e. The molecule has 0 aromatic carbocycles. The predicted octanol–water partition coefficient (Wildman–Crippen LogP) is 2.39. The summed E-state index contributed by atoms with van der Waals surface area (Å²) in [6.45, 7) is 7.53. The maximum absolute atomic E-state index is 12.8. The molecule has 3 heterocycles. The Balaban J connectivity index is 1.36. The Morgan fingerprint density at radius 2 is 1.89 bits per heavy atom. The molecular weight excluding hydrogens is 358 g/mol. The number of nitrogens with zero attached hydrogens (tertiary/aromatic N) is 3. The van der Waals surface area contributed by atoms with Gasteiger partial charge in [0.05, 0.1) is 17.7 Å². The summed E-state index contributed by atoms with van der Waals surface area (Å²) in [6.07, 6.45) is 6.11. The summed E-state index contributed by atoms with van der Waals surface area (Å²) < 4.78 is 11.4. The van der Waals surface area contributed by atoms with Gasteiger partial charge in [0, 0.05) is 44.3 Å². The molecule has 1 aliphatic carbocycles. The highest BCUT2D eigenvalue weighted by atomic mass is 16.5. The topological polar surface area (TPSA) is 75.9 Å². The van der Waals surface area contributed by atoms with Crippen molar-refractivity contribution in [2.45, 2.75) is 83.4 Å². The molecule has 3 fully saturated rings. The smallest absolute Gasteiger partial charge is 0.227 e. The molecule has 0 radical (unpaired) electrons. The zero-order chi connectivity index (χ0) is 19.9. The number of amides is 2. The number of aromatic nitrogens is 1. The van der Waals surface area contributed by atoms with Gasteiger partial charge in [0.2, 0.25) is 11.8 Å². The second-order valence-corrected chi connectivity index (χ2v) is 8.70. The first kappa shape index (κ1) is 19.4. The monoisotopic (exact) mass is 389 g/mol. The average Bonchev–Trinajstić information content (AvgIpc) is 3.44. The molecule has 154 valence electrons. The maximum atomic E-state index is 12.8. The van der Waals surface area contributed by atoms with Gasteiger partial charge in [-0.15, -0.1) is 0 Å². The second-order valence-electron chi connectivity index (χ2n) is 8.70. The van der Waals surface area contributed by atoms with Crippen molar-refractivity contribution in [2.75, 3.05) is 19.7 Å². The molecule has 1 spiro atoms. The number of hydrogen-bond acceptors (Lipinski definition) is 5. The van der Waals surface area contributed by atoms with Crippen LogP contribution >= 0.6 is 0 Å².